The van der Waals surface area contributed by atoms with E-state index in [1.54, 1.807) is 28.4 Å². The molecule has 4 aliphatic rings. The van der Waals surface area contributed by atoms with Gasteiger partial charge in [0.15, 0.2) is 0 Å². The van der Waals surface area contributed by atoms with Crippen LogP contribution in [0, 0.1) is 22.7 Å². The minimum atomic E-state index is -0.413. The van der Waals surface area contributed by atoms with Gasteiger partial charge in [-0.3, -0.25) is 19.2 Å². The summed E-state index contributed by atoms with van der Waals surface area (Å²) in [6.45, 7) is 19.6. The van der Waals surface area contributed by atoms with Crippen molar-refractivity contribution in [2.75, 3.05) is 28.4 Å². The summed E-state index contributed by atoms with van der Waals surface area (Å²) in [4.78, 5) is 48.1. The first-order valence-electron chi connectivity index (χ1n) is 27.8. The van der Waals surface area contributed by atoms with Gasteiger partial charge in [0.2, 0.25) is 0 Å². The van der Waals surface area contributed by atoms with Crippen LogP contribution in [0.5, 0.6) is 23.0 Å². The summed E-state index contributed by atoms with van der Waals surface area (Å²) in [6, 6.07) is 24.0. The standard InChI is InChI=1S/C17H24O3.2C16H22O3.C15H20O3/c1-5-17(2,3)16(18)20-15-8-6-7-12-11-13(19-4)9-10-14(12)15;1-5-16(2,3)15(17)19-14-9-6-11-10-12(18-4)7-8-13(11)14;1-4-11(2)16(17)19-15-7-5-6-12-10-13(18-3)8-9-14(12)15;1-4-10(2)15(16)18-14-8-5-11-9-12(17-3)6-7-13(11)14/h9-11,15H,5-8H2,1-4H3;7-8,10,14H,5-6,9H2,1-4H3;8-11,15H,4-7H2,1-3H3;6-7,9-10,14H,4-5,8H2,1-3H3. The normalized spacial score (nSPS) is 18.7. The minimum absolute atomic E-state index is 0.0210. The number of esters is 4. The lowest BCUT2D eigenvalue weighted by molar-refractivity contribution is -0.161. The number of rotatable bonds is 16. The molecular formula is C64H88O12. The van der Waals surface area contributed by atoms with Crippen LogP contribution in [0.1, 0.15) is 202 Å². The highest BCUT2D eigenvalue weighted by molar-refractivity contribution is 5.77. The molecule has 0 N–H and O–H groups in total. The molecule has 0 aliphatic heterocycles. The van der Waals surface area contributed by atoms with Crippen molar-refractivity contribution in [2.45, 2.75) is 184 Å². The van der Waals surface area contributed by atoms with Gasteiger partial charge in [0.05, 0.1) is 51.1 Å². The summed E-state index contributed by atoms with van der Waals surface area (Å²) >= 11 is 0. The Morgan fingerprint density at radius 2 is 0.711 bits per heavy atom. The molecule has 6 unspecified atom stereocenters. The van der Waals surface area contributed by atoms with E-state index in [1.807, 2.05) is 130 Å². The van der Waals surface area contributed by atoms with E-state index < -0.39 is 10.8 Å². The Morgan fingerprint density at radius 1 is 0.434 bits per heavy atom. The molecule has 12 heteroatoms. The smallest absolute Gasteiger partial charge is 0.312 e. The summed E-state index contributed by atoms with van der Waals surface area (Å²) in [5.74, 6) is 3.02. The first-order valence-corrected chi connectivity index (χ1v) is 27.8. The van der Waals surface area contributed by atoms with Crippen molar-refractivity contribution in [2.24, 2.45) is 22.7 Å². The molecule has 0 heterocycles. The number of aryl methyl sites for hydroxylation is 4. The van der Waals surface area contributed by atoms with Crippen LogP contribution in [0.25, 0.3) is 0 Å². The zero-order chi connectivity index (χ0) is 55.7. The highest BCUT2D eigenvalue weighted by atomic mass is 16.6. The largest absolute Gasteiger partial charge is 0.497 e. The number of hydrogen-bond donors (Lipinski definition) is 0. The van der Waals surface area contributed by atoms with E-state index in [4.69, 9.17) is 37.9 Å². The maximum atomic E-state index is 12.3. The highest BCUT2D eigenvalue weighted by Gasteiger charge is 2.34. The molecule has 0 aromatic heterocycles. The minimum Gasteiger partial charge on any atom is -0.497 e. The predicted octanol–water partition coefficient (Wildman–Crippen LogP) is 14.6. The Labute approximate surface area is 454 Å². The molecule has 6 atom stereocenters. The molecule has 76 heavy (non-hydrogen) atoms. The number of carbonyl (C=O) groups is 4. The molecule has 0 saturated heterocycles. The lowest BCUT2D eigenvalue weighted by Gasteiger charge is -2.29. The van der Waals surface area contributed by atoms with Crippen LogP contribution >= 0.6 is 0 Å². The van der Waals surface area contributed by atoms with Gasteiger partial charge in [-0.2, -0.15) is 0 Å². The Kier molecular flexibility index (Phi) is 22.7. The third-order valence-corrected chi connectivity index (χ3v) is 15.9. The van der Waals surface area contributed by atoms with Crippen LogP contribution in [0.2, 0.25) is 0 Å². The Balaban J connectivity index is 0.000000187. The van der Waals surface area contributed by atoms with Crippen molar-refractivity contribution in [1.82, 2.24) is 0 Å². The molecular weight excluding hydrogens is 961 g/mol. The van der Waals surface area contributed by atoms with Crippen LogP contribution < -0.4 is 18.9 Å². The van der Waals surface area contributed by atoms with E-state index in [-0.39, 0.29) is 60.1 Å². The molecule has 4 aliphatic carbocycles. The maximum Gasteiger partial charge on any atom is 0.312 e. The zero-order valence-electron chi connectivity index (χ0n) is 48.2. The Hall–Kier alpha value is -6.04. The summed E-state index contributed by atoms with van der Waals surface area (Å²) in [6.07, 6.45) is 12.5. The summed E-state index contributed by atoms with van der Waals surface area (Å²) in [5.41, 5.74) is 8.66. The molecule has 0 fully saturated rings. The molecule has 0 amide bonds. The predicted molar refractivity (Wildman–Crippen MR) is 297 cm³/mol. The van der Waals surface area contributed by atoms with E-state index in [9.17, 15) is 19.2 Å². The fourth-order valence-corrected chi connectivity index (χ4v) is 9.31. The van der Waals surface area contributed by atoms with Crippen LogP contribution in [-0.4, -0.2) is 52.3 Å². The van der Waals surface area contributed by atoms with Crippen molar-refractivity contribution in [3.05, 3.63) is 117 Å². The second kappa shape index (κ2) is 28.4. The van der Waals surface area contributed by atoms with Gasteiger partial charge in [0, 0.05) is 0 Å². The first-order chi connectivity index (χ1) is 36.3. The molecule has 0 saturated carbocycles. The van der Waals surface area contributed by atoms with Gasteiger partial charge >= 0.3 is 23.9 Å². The van der Waals surface area contributed by atoms with Crippen LogP contribution in [0.3, 0.4) is 0 Å². The number of carbonyl (C=O) groups excluding carboxylic acids is 4. The third-order valence-electron chi connectivity index (χ3n) is 15.9. The molecule has 12 nitrogen and oxygen atoms in total. The van der Waals surface area contributed by atoms with E-state index in [2.05, 4.69) is 12.1 Å². The lowest BCUT2D eigenvalue weighted by Crippen LogP contribution is -2.28. The van der Waals surface area contributed by atoms with Gasteiger partial charge in [-0.05, 0) is 211 Å². The fraction of sp³-hybridized carbons (Fsp3) is 0.562. The van der Waals surface area contributed by atoms with E-state index in [0.717, 1.165) is 135 Å². The van der Waals surface area contributed by atoms with Gasteiger partial charge in [0.1, 0.15) is 47.4 Å². The van der Waals surface area contributed by atoms with Crippen molar-refractivity contribution < 1.29 is 57.1 Å². The summed E-state index contributed by atoms with van der Waals surface area (Å²) in [7, 11) is 6.67. The number of methoxy groups -OCH3 is 4. The quantitative estimate of drug-likeness (QED) is 0.0778. The van der Waals surface area contributed by atoms with E-state index >= 15 is 0 Å². The molecule has 0 spiro atoms. The van der Waals surface area contributed by atoms with Crippen molar-refractivity contribution >= 4 is 23.9 Å². The fourth-order valence-electron chi connectivity index (χ4n) is 9.31. The van der Waals surface area contributed by atoms with Gasteiger partial charge in [-0.15, -0.1) is 0 Å². The molecule has 416 valence electrons. The SMILES string of the molecule is CCC(C)(C)C(=O)OC1CCCc2cc(OC)ccc21.CCC(C)(C)C(=O)OC1CCc2cc(OC)ccc21.CCC(C)C(=O)OC1CCCc2cc(OC)ccc21.CCC(C)C(=O)OC1CCc2cc(OC)ccc21. The molecule has 0 radical (unpaired) electrons. The topological polar surface area (TPSA) is 142 Å². The molecule has 8 rings (SSSR count). The first kappa shape index (κ1) is 60.8. The van der Waals surface area contributed by atoms with Crippen LogP contribution in [-0.2, 0) is 63.8 Å². The van der Waals surface area contributed by atoms with E-state index in [1.165, 1.54) is 22.3 Å². The van der Waals surface area contributed by atoms with Gasteiger partial charge in [0.25, 0.3) is 0 Å². The van der Waals surface area contributed by atoms with Gasteiger partial charge in [-0.1, -0.05) is 65.8 Å². The highest BCUT2D eigenvalue weighted by Crippen LogP contribution is 2.41. The Morgan fingerprint density at radius 3 is 1.00 bits per heavy atom. The number of hydrogen-bond acceptors (Lipinski definition) is 12. The van der Waals surface area contributed by atoms with Crippen molar-refractivity contribution in [3.63, 3.8) is 0 Å². The number of ether oxygens (including phenoxy) is 8. The summed E-state index contributed by atoms with van der Waals surface area (Å²) in [5, 5.41) is 0. The van der Waals surface area contributed by atoms with Crippen molar-refractivity contribution in [1.29, 1.82) is 0 Å². The second-order valence-corrected chi connectivity index (χ2v) is 21.9. The van der Waals surface area contributed by atoms with E-state index in [0.29, 0.717) is 0 Å². The monoisotopic (exact) mass is 1050 g/mol. The van der Waals surface area contributed by atoms with Crippen molar-refractivity contribution in [3.8, 4) is 23.0 Å². The third kappa shape index (κ3) is 16.0. The second-order valence-electron chi connectivity index (χ2n) is 21.9. The molecule has 4 aromatic carbocycles. The average molecular weight is 1050 g/mol. The van der Waals surface area contributed by atoms with Gasteiger partial charge in [-0.25, -0.2) is 0 Å². The lowest BCUT2D eigenvalue weighted by atomic mass is 9.87. The number of fused-ring (bicyclic) bond motifs is 4. The summed E-state index contributed by atoms with van der Waals surface area (Å²) < 4.78 is 43.6. The number of benzene rings is 4. The molecule has 4 aromatic rings. The van der Waals surface area contributed by atoms with Crippen LogP contribution in [0.4, 0.5) is 0 Å². The zero-order valence-corrected chi connectivity index (χ0v) is 48.2. The van der Waals surface area contributed by atoms with Gasteiger partial charge < -0.3 is 37.9 Å². The van der Waals surface area contributed by atoms with Crippen LogP contribution in [0.15, 0.2) is 72.8 Å². The Bertz CT molecular complexity index is 2560. The average Bonchev–Trinajstić information content (AvgIpc) is 4.04. The maximum absolute atomic E-state index is 12.3. The molecule has 0 bridgehead atoms.